The first-order valence-electron chi connectivity index (χ1n) is 17.4. The number of pyridine rings is 1. The van der Waals surface area contributed by atoms with Crippen LogP contribution in [0.4, 0.5) is 0 Å². The maximum absolute atomic E-state index is 13.7. The van der Waals surface area contributed by atoms with Crippen molar-refractivity contribution >= 4 is 46.5 Å². The van der Waals surface area contributed by atoms with Crippen LogP contribution in [0, 0.1) is 11.8 Å². The molecule has 2 N–H and O–H groups in total. The van der Waals surface area contributed by atoms with Gasteiger partial charge in [-0.2, -0.15) is 0 Å². The zero-order valence-corrected chi connectivity index (χ0v) is 31.5. The largest absolute Gasteiger partial charge is 0.508 e. The SMILES string of the molecule is COc1ccc(C(Cc2c(Cl)cncc2Cl)OC(=O)c2ccc(CNC(C(=O)OCC3CCN(C)CC3)c3cccc(O)c3)s2)cc1OCC1CC1. The average Bonchev–Trinajstić information content (AvgIpc) is 3.85. The number of carbonyl (C=O) groups excluding carboxylic acids is 2. The molecule has 4 aromatic rings. The number of hydrogen-bond donors (Lipinski definition) is 2. The highest BCUT2D eigenvalue weighted by atomic mass is 35.5. The number of carbonyl (C=O) groups is 2. The molecule has 2 fully saturated rings. The van der Waals surface area contributed by atoms with E-state index < -0.39 is 24.1 Å². The molecule has 3 heterocycles. The maximum atomic E-state index is 13.7. The summed E-state index contributed by atoms with van der Waals surface area (Å²) >= 11 is 14.3. The summed E-state index contributed by atoms with van der Waals surface area (Å²) in [5.74, 6) is 1.10. The van der Waals surface area contributed by atoms with Crippen molar-refractivity contribution in [2.24, 2.45) is 11.8 Å². The van der Waals surface area contributed by atoms with Gasteiger partial charge in [-0.25, -0.2) is 9.59 Å². The monoisotopic (exact) mass is 767 g/mol. The molecule has 1 aliphatic heterocycles. The standard InChI is InChI=1S/C39H43Cl2N3O7S/c1-44-14-12-25(13-15-44)23-50-39(47)37(27-4-3-5-28(45)16-27)43-19-29-9-11-36(52-29)38(46)51-34(18-30-31(40)20-42-21-32(30)41)26-8-10-33(48-2)35(17-26)49-22-24-6-7-24/h3-5,8-11,16-17,20-21,24-25,34,37,43,45H,6-7,12-15,18-19,22-23H2,1-2H3. The van der Waals surface area contributed by atoms with E-state index in [1.165, 1.54) is 23.7 Å². The number of esters is 2. The van der Waals surface area contributed by atoms with Gasteiger partial charge in [0.15, 0.2) is 11.5 Å². The molecule has 6 rings (SSSR count). The third kappa shape index (κ3) is 10.2. The Hall–Kier alpha value is -3.87. The number of nitrogens with zero attached hydrogens (tertiary/aromatic N) is 2. The van der Waals surface area contributed by atoms with Crippen molar-refractivity contribution < 1.29 is 33.6 Å². The van der Waals surface area contributed by atoms with Gasteiger partial charge in [0.05, 0.1) is 30.4 Å². The number of phenolic OH excluding ortho intramolecular Hbond substituents is 1. The average molecular weight is 769 g/mol. The summed E-state index contributed by atoms with van der Waals surface area (Å²) in [6, 6.07) is 14.7. The molecule has 0 bridgehead atoms. The van der Waals surface area contributed by atoms with Crippen molar-refractivity contribution in [3.05, 3.63) is 103 Å². The molecule has 2 aliphatic rings. The number of ether oxygens (including phenoxy) is 4. The Bertz CT molecular complexity index is 1820. The third-order valence-corrected chi connectivity index (χ3v) is 11.1. The summed E-state index contributed by atoms with van der Waals surface area (Å²) in [6.45, 7) is 3.15. The predicted molar refractivity (Wildman–Crippen MR) is 201 cm³/mol. The number of aromatic hydroxyl groups is 1. The van der Waals surface area contributed by atoms with Crippen molar-refractivity contribution in [3.63, 3.8) is 0 Å². The van der Waals surface area contributed by atoms with Gasteiger partial charge in [-0.05, 0) is 111 Å². The highest BCUT2D eigenvalue weighted by Crippen LogP contribution is 2.38. The summed E-state index contributed by atoms with van der Waals surface area (Å²) in [5, 5.41) is 14.2. The lowest BCUT2D eigenvalue weighted by Gasteiger charge is -2.29. The number of rotatable bonds is 16. The summed E-state index contributed by atoms with van der Waals surface area (Å²) in [5.41, 5.74) is 1.88. The second-order valence-corrected chi connectivity index (χ2v) is 15.4. The fourth-order valence-corrected chi connectivity index (χ4v) is 7.43. The van der Waals surface area contributed by atoms with E-state index >= 15 is 0 Å². The van der Waals surface area contributed by atoms with E-state index in [1.54, 1.807) is 43.5 Å². The minimum Gasteiger partial charge on any atom is -0.508 e. The lowest BCUT2D eigenvalue weighted by molar-refractivity contribution is -0.148. The number of benzene rings is 2. The first-order chi connectivity index (χ1) is 25.2. The van der Waals surface area contributed by atoms with Crippen LogP contribution in [-0.4, -0.2) is 67.4 Å². The van der Waals surface area contributed by atoms with Gasteiger partial charge in [-0.15, -0.1) is 11.3 Å². The molecule has 2 aromatic heterocycles. The van der Waals surface area contributed by atoms with E-state index in [-0.39, 0.29) is 18.7 Å². The number of methoxy groups -OCH3 is 1. The topological polar surface area (TPSA) is 119 Å². The molecule has 13 heteroatoms. The molecule has 276 valence electrons. The Labute approximate surface area is 318 Å². The second-order valence-electron chi connectivity index (χ2n) is 13.4. The molecule has 1 aliphatic carbocycles. The van der Waals surface area contributed by atoms with Gasteiger partial charge < -0.3 is 29.0 Å². The Balaban J connectivity index is 1.16. The minimum atomic E-state index is -0.818. The van der Waals surface area contributed by atoms with E-state index in [1.807, 2.05) is 18.2 Å². The second kappa shape index (κ2) is 17.8. The summed E-state index contributed by atoms with van der Waals surface area (Å²) in [7, 11) is 3.68. The van der Waals surface area contributed by atoms with Gasteiger partial charge in [0.1, 0.15) is 22.8 Å². The highest BCUT2D eigenvalue weighted by molar-refractivity contribution is 7.13. The predicted octanol–water partition coefficient (Wildman–Crippen LogP) is 7.81. The minimum absolute atomic E-state index is 0.0518. The van der Waals surface area contributed by atoms with E-state index in [4.69, 9.17) is 42.1 Å². The first kappa shape index (κ1) is 37.9. The molecule has 52 heavy (non-hydrogen) atoms. The van der Waals surface area contributed by atoms with Crippen LogP contribution in [0.2, 0.25) is 10.0 Å². The van der Waals surface area contributed by atoms with Gasteiger partial charge >= 0.3 is 11.9 Å². The molecule has 2 unspecified atom stereocenters. The first-order valence-corrected chi connectivity index (χ1v) is 19.0. The number of phenols is 1. The zero-order valence-electron chi connectivity index (χ0n) is 29.2. The van der Waals surface area contributed by atoms with Gasteiger partial charge in [-0.3, -0.25) is 10.3 Å². The van der Waals surface area contributed by atoms with Gasteiger partial charge in [0, 0.05) is 30.2 Å². The quantitative estimate of drug-likeness (QED) is 0.109. The number of halogens is 2. The smallest absolute Gasteiger partial charge is 0.348 e. The molecule has 1 saturated heterocycles. The van der Waals surface area contributed by atoms with Crippen molar-refractivity contribution in [1.29, 1.82) is 0 Å². The van der Waals surface area contributed by atoms with Gasteiger partial charge in [-0.1, -0.05) is 41.4 Å². The molecule has 0 amide bonds. The number of hydrogen-bond acceptors (Lipinski definition) is 11. The zero-order chi connectivity index (χ0) is 36.6. The molecule has 10 nitrogen and oxygen atoms in total. The Morgan fingerprint density at radius 3 is 2.42 bits per heavy atom. The maximum Gasteiger partial charge on any atom is 0.348 e. The fraction of sp³-hybridized carbons (Fsp3) is 0.410. The van der Waals surface area contributed by atoms with Gasteiger partial charge in [0.25, 0.3) is 0 Å². The summed E-state index contributed by atoms with van der Waals surface area (Å²) in [4.78, 5) is 34.6. The van der Waals surface area contributed by atoms with Crippen molar-refractivity contribution in [2.75, 3.05) is 40.5 Å². The van der Waals surface area contributed by atoms with Crippen LogP contribution in [0.1, 0.15) is 69.1 Å². The summed E-state index contributed by atoms with van der Waals surface area (Å²) < 4.78 is 23.6. The highest BCUT2D eigenvalue weighted by Gasteiger charge is 2.28. The van der Waals surface area contributed by atoms with Crippen molar-refractivity contribution in [3.8, 4) is 17.2 Å². The Kier molecular flexibility index (Phi) is 12.9. The van der Waals surface area contributed by atoms with E-state index in [0.717, 1.165) is 43.6 Å². The van der Waals surface area contributed by atoms with Crippen molar-refractivity contribution in [2.45, 2.75) is 50.8 Å². The number of likely N-dealkylation sites (tertiary alicyclic amines) is 1. The van der Waals surface area contributed by atoms with Crippen LogP contribution in [-0.2, 0) is 27.2 Å². The van der Waals surface area contributed by atoms with E-state index in [0.29, 0.717) is 68.2 Å². The van der Waals surface area contributed by atoms with Crippen LogP contribution in [0.15, 0.2) is 67.0 Å². The number of nitrogens with one attached hydrogen (secondary N) is 1. The lowest BCUT2D eigenvalue weighted by atomic mass is 9.98. The van der Waals surface area contributed by atoms with E-state index in [9.17, 15) is 14.7 Å². The normalized spacial score (nSPS) is 16.2. The van der Waals surface area contributed by atoms with Crippen LogP contribution in [0.3, 0.4) is 0 Å². The van der Waals surface area contributed by atoms with Crippen LogP contribution < -0.4 is 14.8 Å². The molecular formula is C39H43Cl2N3O7S. The number of thiophene rings is 1. The van der Waals surface area contributed by atoms with E-state index in [2.05, 4.69) is 22.2 Å². The number of aromatic nitrogens is 1. The fourth-order valence-electron chi connectivity index (χ4n) is 6.07. The number of piperidine rings is 1. The molecule has 0 radical (unpaired) electrons. The van der Waals surface area contributed by atoms with Crippen molar-refractivity contribution in [1.82, 2.24) is 15.2 Å². The van der Waals surface area contributed by atoms with Crippen LogP contribution >= 0.6 is 34.5 Å². The Morgan fingerprint density at radius 1 is 0.962 bits per heavy atom. The molecule has 0 spiro atoms. The van der Waals surface area contributed by atoms with Gasteiger partial charge in [0.2, 0.25) is 0 Å². The molecule has 2 aromatic carbocycles. The summed E-state index contributed by atoms with van der Waals surface area (Å²) in [6.07, 6.45) is 6.67. The third-order valence-electron chi connectivity index (χ3n) is 9.40. The Morgan fingerprint density at radius 2 is 1.71 bits per heavy atom. The molecular weight excluding hydrogens is 725 g/mol. The molecule has 1 saturated carbocycles. The van der Waals surface area contributed by atoms with Crippen LogP contribution in [0.5, 0.6) is 17.2 Å². The molecule has 2 atom stereocenters. The van der Waals surface area contributed by atoms with Crippen LogP contribution in [0.25, 0.3) is 0 Å². The lowest BCUT2D eigenvalue weighted by Crippen LogP contribution is -2.34.